The van der Waals surface area contributed by atoms with Gasteiger partial charge in [0, 0.05) is 49.0 Å². The topological polar surface area (TPSA) is 57.5 Å². The molecule has 30 heavy (non-hydrogen) atoms. The molecule has 1 aromatic heterocycles. The van der Waals surface area contributed by atoms with Crippen LogP contribution < -0.4 is 10.6 Å². The van der Waals surface area contributed by atoms with Crippen LogP contribution in [0.2, 0.25) is 10.0 Å². The number of nitrogens with zero attached hydrogens (tertiary/aromatic N) is 2. The molecular formula is C22H27Cl3N4O. The molecule has 0 spiro atoms. The number of hydrogen-bond donors (Lipinski definition) is 2. The maximum Gasteiger partial charge on any atom is 0.0725 e. The minimum Gasteiger partial charge on any atom is -0.369 e. The number of rotatable bonds is 7. The summed E-state index contributed by atoms with van der Waals surface area (Å²) in [5.74, 6) is 0. The molecule has 0 bridgehead atoms. The summed E-state index contributed by atoms with van der Waals surface area (Å²) in [6, 6.07) is 12.3. The lowest BCUT2D eigenvalue weighted by Crippen LogP contribution is -2.46. The van der Waals surface area contributed by atoms with Gasteiger partial charge in [-0.1, -0.05) is 29.3 Å². The van der Waals surface area contributed by atoms with Crippen LogP contribution >= 0.6 is 35.6 Å². The second kappa shape index (κ2) is 10.7. The van der Waals surface area contributed by atoms with Crippen molar-refractivity contribution in [1.29, 1.82) is 0 Å². The van der Waals surface area contributed by atoms with E-state index >= 15 is 0 Å². The van der Waals surface area contributed by atoms with Gasteiger partial charge in [-0.15, -0.1) is 12.4 Å². The van der Waals surface area contributed by atoms with E-state index in [4.69, 9.17) is 33.8 Å². The third-order valence-corrected chi connectivity index (χ3v) is 6.16. The zero-order valence-electron chi connectivity index (χ0n) is 16.7. The largest absolute Gasteiger partial charge is 0.369 e. The summed E-state index contributed by atoms with van der Waals surface area (Å²) >= 11 is 12.2. The molecule has 2 aromatic carbocycles. The normalized spacial score (nSPS) is 14.8. The Kier molecular flexibility index (Phi) is 8.28. The highest BCUT2D eigenvalue weighted by Gasteiger charge is 2.18. The van der Waals surface area contributed by atoms with E-state index in [2.05, 4.69) is 39.3 Å². The third kappa shape index (κ3) is 5.41. The number of H-pyrrole nitrogens is 1. The number of nitrogens with one attached hydrogen (secondary N) is 1. The quantitative estimate of drug-likeness (QED) is 0.527. The lowest BCUT2D eigenvalue weighted by atomic mass is 10.1. The van der Waals surface area contributed by atoms with Crippen LogP contribution in [0.5, 0.6) is 0 Å². The summed E-state index contributed by atoms with van der Waals surface area (Å²) < 4.78 is 0. The molecule has 0 atom stereocenters. The highest BCUT2D eigenvalue weighted by Crippen LogP contribution is 2.28. The molecule has 1 fully saturated rings. The van der Waals surface area contributed by atoms with Crippen LogP contribution in [0.15, 0.2) is 42.6 Å². The van der Waals surface area contributed by atoms with Crippen LogP contribution in [0.1, 0.15) is 11.1 Å². The number of anilines is 1. The predicted molar refractivity (Wildman–Crippen MR) is 128 cm³/mol. The van der Waals surface area contributed by atoms with Gasteiger partial charge in [-0.25, -0.2) is 0 Å². The molecule has 8 heteroatoms. The smallest absolute Gasteiger partial charge is 0.0725 e. The van der Waals surface area contributed by atoms with Crippen LogP contribution in [0, 0.1) is 0 Å². The molecule has 5 nitrogen and oxygen atoms in total. The molecule has 2 heterocycles. The van der Waals surface area contributed by atoms with Gasteiger partial charge in [0.15, 0.2) is 0 Å². The van der Waals surface area contributed by atoms with Crippen LogP contribution in [0.25, 0.3) is 10.9 Å². The Morgan fingerprint density at radius 1 is 0.967 bits per heavy atom. The van der Waals surface area contributed by atoms with Crippen molar-refractivity contribution < 1.29 is 4.84 Å². The van der Waals surface area contributed by atoms with Crippen molar-refractivity contribution in [2.45, 2.75) is 12.8 Å². The standard InChI is InChI=1S/C22H26Cl2N4O.ClH/c23-20-3-2-18(14-21(20)24)27-8-10-28(11-9-27)29-12-6-16-1-4-22-19(13-16)17(5-7-25)15-26-22;/h1-4,13-15,26H,5-12,25H2;1H. The highest BCUT2D eigenvalue weighted by molar-refractivity contribution is 6.42. The first-order chi connectivity index (χ1) is 14.1. The van der Waals surface area contributed by atoms with Crippen molar-refractivity contribution in [2.24, 2.45) is 5.73 Å². The molecule has 0 amide bonds. The molecule has 4 rings (SSSR count). The molecule has 0 saturated carbocycles. The maximum absolute atomic E-state index is 6.14. The number of hydrogen-bond acceptors (Lipinski definition) is 4. The number of aromatic nitrogens is 1. The first kappa shape index (κ1) is 23.2. The second-order valence-corrected chi connectivity index (χ2v) is 8.14. The van der Waals surface area contributed by atoms with E-state index < -0.39 is 0 Å². The fraction of sp³-hybridized carbons (Fsp3) is 0.364. The van der Waals surface area contributed by atoms with Gasteiger partial charge in [0.2, 0.25) is 0 Å². The molecule has 0 aliphatic carbocycles. The van der Waals surface area contributed by atoms with Crippen molar-refractivity contribution in [3.8, 4) is 0 Å². The Morgan fingerprint density at radius 3 is 2.50 bits per heavy atom. The Labute approximate surface area is 193 Å². The number of halogens is 3. The summed E-state index contributed by atoms with van der Waals surface area (Å²) in [7, 11) is 0. The van der Waals surface area contributed by atoms with E-state index in [0.717, 1.165) is 50.2 Å². The lowest BCUT2D eigenvalue weighted by molar-refractivity contribution is -0.160. The Hall–Kier alpha value is -1.47. The van der Waals surface area contributed by atoms with Crippen molar-refractivity contribution in [2.75, 3.05) is 44.2 Å². The van der Waals surface area contributed by atoms with E-state index in [9.17, 15) is 0 Å². The minimum atomic E-state index is 0. The highest BCUT2D eigenvalue weighted by atomic mass is 35.5. The van der Waals surface area contributed by atoms with Crippen LogP contribution in [0.4, 0.5) is 5.69 Å². The van der Waals surface area contributed by atoms with Gasteiger partial charge in [-0.05, 0) is 60.8 Å². The Morgan fingerprint density at radius 2 is 1.77 bits per heavy atom. The van der Waals surface area contributed by atoms with E-state index in [0.29, 0.717) is 23.2 Å². The van der Waals surface area contributed by atoms with E-state index in [1.807, 2.05) is 18.2 Å². The van der Waals surface area contributed by atoms with Gasteiger partial charge in [0.05, 0.1) is 16.7 Å². The fourth-order valence-corrected chi connectivity index (χ4v) is 4.09. The third-order valence-electron chi connectivity index (χ3n) is 5.42. The van der Waals surface area contributed by atoms with E-state index in [1.54, 1.807) is 0 Å². The molecule has 1 saturated heterocycles. The Balaban J connectivity index is 0.00000256. The van der Waals surface area contributed by atoms with Gasteiger partial charge in [0.25, 0.3) is 0 Å². The van der Waals surface area contributed by atoms with Crippen molar-refractivity contribution >= 4 is 52.2 Å². The minimum absolute atomic E-state index is 0. The molecule has 1 aliphatic rings. The van der Waals surface area contributed by atoms with Gasteiger partial charge < -0.3 is 15.6 Å². The van der Waals surface area contributed by atoms with Gasteiger partial charge in [-0.2, -0.15) is 5.06 Å². The molecule has 3 aromatic rings. The molecule has 3 N–H and O–H groups in total. The van der Waals surface area contributed by atoms with Crippen LogP contribution in [-0.4, -0.2) is 49.4 Å². The maximum atomic E-state index is 6.14. The van der Waals surface area contributed by atoms with Crippen LogP contribution in [0.3, 0.4) is 0 Å². The average molecular weight is 470 g/mol. The first-order valence-corrected chi connectivity index (χ1v) is 10.8. The summed E-state index contributed by atoms with van der Waals surface area (Å²) in [6.45, 7) is 4.85. The summed E-state index contributed by atoms with van der Waals surface area (Å²) in [6.07, 6.45) is 3.84. The summed E-state index contributed by atoms with van der Waals surface area (Å²) in [5.41, 5.74) is 10.5. The van der Waals surface area contributed by atoms with E-state index in [1.165, 1.54) is 16.5 Å². The molecule has 0 radical (unpaired) electrons. The van der Waals surface area contributed by atoms with Gasteiger partial charge in [0.1, 0.15) is 0 Å². The van der Waals surface area contributed by atoms with Crippen molar-refractivity contribution in [3.63, 3.8) is 0 Å². The molecule has 162 valence electrons. The predicted octanol–water partition coefficient (Wildman–Crippen LogP) is 4.69. The number of nitrogens with two attached hydrogens (primary N) is 1. The summed E-state index contributed by atoms with van der Waals surface area (Å²) in [5, 5.41) is 4.51. The summed E-state index contributed by atoms with van der Waals surface area (Å²) in [4.78, 5) is 11.6. The number of fused-ring (bicyclic) bond motifs is 1. The van der Waals surface area contributed by atoms with Crippen LogP contribution in [-0.2, 0) is 17.7 Å². The molecule has 1 aliphatic heterocycles. The second-order valence-electron chi connectivity index (χ2n) is 7.33. The van der Waals surface area contributed by atoms with E-state index in [-0.39, 0.29) is 12.4 Å². The van der Waals surface area contributed by atoms with Crippen molar-refractivity contribution in [3.05, 3.63) is 63.8 Å². The van der Waals surface area contributed by atoms with Gasteiger partial charge >= 0.3 is 0 Å². The zero-order chi connectivity index (χ0) is 20.2. The SMILES string of the molecule is Cl.NCCc1c[nH]c2ccc(CCON3CCN(c4ccc(Cl)c(Cl)c4)CC3)cc12. The number of benzene rings is 2. The van der Waals surface area contributed by atoms with Gasteiger partial charge in [-0.3, -0.25) is 4.84 Å². The number of hydroxylamine groups is 2. The number of piperazine rings is 1. The number of aromatic amines is 1. The molecule has 0 unspecified atom stereocenters. The van der Waals surface area contributed by atoms with Crippen molar-refractivity contribution in [1.82, 2.24) is 10.0 Å². The fourth-order valence-electron chi connectivity index (χ4n) is 3.79. The monoisotopic (exact) mass is 468 g/mol. The average Bonchev–Trinajstić information content (AvgIpc) is 3.13. The molecular weight excluding hydrogens is 443 g/mol. The first-order valence-electron chi connectivity index (χ1n) is 10.0. The Bertz CT molecular complexity index is 970. The lowest BCUT2D eigenvalue weighted by Gasteiger charge is -2.35. The zero-order valence-corrected chi connectivity index (χ0v) is 19.1.